The van der Waals surface area contributed by atoms with Crippen molar-refractivity contribution < 1.29 is 4.79 Å². The fraction of sp³-hybridized carbons (Fsp3) is 0.923. The van der Waals surface area contributed by atoms with E-state index in [4.69, 9.17) is 5.73 Å². The molecule has 0 aromatic rings. The highest BCUT2D eigenvalue weighted by molar-refractivity contribution is 7.98. The van der Waals surface area contributed by atoms with Crippen LogP contribution in [0, 0.1) is 5.92 Å². The van der Waals surface area contributed by atoms with Gasteiger partial charge in [-0.05, 0) is 44.9 Å². The molecule has 0 aromatic heterocycles. The van der Waals surface area contributed by atoms with Gasteiger partial charge in [0.2, 0.25) is 5.91 Å². The zero-order valence-electron chi connectivity index (χ0n) is 12.4. The number of carbonyl (C=O) groups excluding carboxylic acids is 1. The van der Waals surface area contributed by atoms with Crippen LogP contribution in [-0.2, 0) is 4.79 Å². The van der Waals surface area contributed by atoms with Crippen molar-refractivity contribution in [3.63, 3.8) is 0 Å². The van der Waals surface area contributed by atoms with E-state index in [1.807, 2.05) is 20.4 Å². The Balaban J connectivity index is 4.06. The Morgan fingerprint density at radius 3 is 2.44 bits per heavy atom. The van der Waals surface area contributed by atoms with Crippen molar-refractivity contribution in [2.24, 2.45) is 11.7 Å². The van der Waals surface area contributed by atoms with Crippen LogP contribution in [-0.4, -0.2) is 55.5 Å². The summed E-state index contributed by atoms with van der Waals surface area (Å²) in [5.74, 6) is 1.52. The lowest BCUT2D eigenvalue weighted by atomic mass is 10.0. The van der Waals surface area contributed by atoms with E-state index in [9.17, 15) is 4.79 Å². The quantitative estimate of drug-likeness (QED) is 0.663. The molecule has 0 radical (unpaired) electrons. The molecule has 108 valence electrons. The van der Waals surface area contributed by atoms with Gasteiger partial charge in [-0.3, -0.25) is 4.79 Å². The number of likely N-dealkylation sites (N-methyl/N-ethyl adjacent to an activating group) is 1. The highest BCUT2D eigenvalue weighted by Crippen LogP contribution is 2.08. The number of hydrogen-bond donors (Lipinski definition) is 2. The first-order valence-electron chi connectivity index (χ1n) is 6.57. The lowest BCUT2D eigenvalue weighted by Crippen LogP contribution is -2.47. The summed E-state index contributed by atoms with van der Waals surface area (Å²) in [6.45, 7) is 5.07. The number of carbonyl (C=O) groups is 1. The topological polar surface area (TPSA) is 58.4 Å². The van der Waals surface area contributed by atoms with Crippen molar-refractivity contribution >= 4 is 17.7 Å². The maximum Gasteiger partial charge on any atom is 0.237 e. The summed E-state index contributed by atoms with van der Waals surface area (Å²) in [7, 11) is 4.10. The third kappa shape index (κ3) is 7.95. The molecule has 0 saturated carbocycles. The summed E-state index contributed by atoms with van der Waals surface area (Å²) in [4.78, 5) is 14.0. The van der Waals surface area contributed by atoms with Gasteiger partial charge in [0.25, 0.3) is 0 Å². The summed E-state index contributed by atoms with van der Waals surface area (Å²) in [5, 5.41) is 2.96. The molecule has 0 spiro atoms. The van der Waals surface area contributed by atoms with Crippen LogP contribution in [0.25, 0.3) is 0 Å². The Morgan fingerprint density at radius 2 is 2.00 bits per heavy atom. The average Bonchev–Trinajstić information content (AvgIpc) is 2.30. The molecule has 5 heteroatoms. The molecule has 0 aliphatic carbocycles. The molecule has 1 amide bonds. The second-order valence-corrected chi connectivity index (χ2v) is 6.37. The van der Waals surface area contributed by atoms with E-state index in [1.54, 1.807) is 11.8 Å². The summed E-state index contributed by atoms with van der Waals surface area (Å²) in [6, 6.07) is 0.000937. The first kappa shape index (κ1) is 17.7. The van der Waals surface area contributed by atoms with Crippen molar-refractivity contribution in [2.75, 3.05) is 32.6 Å². The molecule has 0 saturated heterocycles. The van der Waals surface area contributed by atoms with E-state index in [2.05, 4.69) is 24.1 Å². The van der Waals surface area contributed by atoms with Gasteiger partial charge in [-0.2, -0.15) is 11.8 Å². The number of nitrogens with two attached hydrogens (primary N) is 1. The van der Waals surface area contributed by atoms with Gasteiger partial charge in [0.05, 0.1) is 6.04 Å². The Kier molecular flexibility index (Phi) is 9.50. The van der Waals surface area contributed by atoms with Gasteiger partial charge >= 0.3 is 0 Å². The second-order valence-electron chi connectivity index (χ2n) is 5.38. The standard InChI is InChI=1S/C13H29N3OS/c1-10(2)8-11(16(3)4)9-15-13(17)12(14)6-7-18-5/h10-12H,6-9,14H2,1-5H3,(H,15,17)/t11?,12-/m1/s1. The van der Waals surface area contributed by atoms with Crippen LogP contribution in [0.1, 0.15) is 26.7 Å². The van der Waals surface area contributed by atoms with Gasteiger partial charge in [0.15, 0.2) is 0 Å². The summed E-state index contributed by atoms with van der Waals surface area (Å²) in [6.07, 6.45) is 3.84. The molecule has 0 aromatic carbocycles. The van der Waals surface area contributed by atoms with Crippen LogP contribution in [0.5, 0.6) is 0 Å². The van der Waals surface area contributed by atoms with Crippen LogP contribution >= 0.6 is 11.8 Å². The highest BCUT2D eigenvalue weighted by atomic mass is 32.2. The van der Waals surface area contributed by atoms with E-state index in [1.165, 1.54) is 0 Å². The van der Waals surface area contributed by atoms with Gasteiger partial charge in [0, 0.05) is 12.6 Å². The maximum absolute atomic E-state index is 11.8. The van der Waals surface area contributed by atoms with Gasteiger partial charge < -0.3 is 16.0 Å². The van der Waals surface area contributed by atoms with E-state index >= 15 is 0 Å². The van der Waals surface area contributed by atoms with Gasteiger partial charge in [-0.15, -0.1) is 0 Å². The molecule has 3 N–H and O–H groups in total. The van der Waals surface area contributed by atoms with Crippen LogP contribution < -0.4 is 11.1 Å². The lowest BCUT2D eigenvalue weighted by molar-refractivity contribution is -0.122. The minimum atomic E-state index is -0.376. The molecule has 0 aliphatic rings. The first-order chi connectivity index (χ1) is 8.38. The monoisotopic (exact) mass is 275 g/mol. The molecular weight excluding hydrogens is 246 g/mol. The molecule has 0 fully saturated rings. The Bertz CT molecular complexity index is 234. The Hall–Kier alpha value is -0.260. The number of nitrogens with one attached hydrogen (secondary N) is 1. The van der Waals surface area contributed by atoms with Crippen molar-refractivity contribution in [2.45, 2.75) is 38.8 Å². The SMILES string of the molecule is CSCC[C@@H](N)C(=O)NCC(CC(C)C)N(C)C. The zero-order chi connectivity index (χ0) is 14.1. The van der Waals surface area contributed by atoms with E-state index in [0.717, 1.165) is 18.6 Å². The molecule has 4 nitrogen and oxygen atoms in total. The number of thioether (sulfide) groups is 1. The van der Waals surface area contributed by atoms with Gasteiger partial charge in [-0.25, -0.2) is 0 Å². The minimum Gasteiger partial charge on any atom is -0.353 e. The van der Waals surface area contributed by atoms with Crippen LogP contribution in [0.3, 0.4) is 0 Å². The molecule has 1 unspecified atom stereocenters. The fourth-order valence-electron chi connectivity index (χ4n) is 1.75. The van der Waals surface area contributed by atoms with Crippen molar-refractivity contribution in [1.82, 2.24) is 10.2 Å². The maximum atomic E-state index is 11.8. The summed E-state index contributed by atoms with van der Waals surface area (Å²) in [5.41, 5.74) is 5.83. The predicted octanol–water partition coefficient (Wildman–Crippen LogP) is 1.16. The van der Waals surface area contributed by atoms with Crippen molar-refractivity contribution in [3.8, 4) is 0 Å². The molecule has 0 heterocycles. The smallest absolute Gasteiger partial charge is 0.237 e. The molecule has 0 rings (SSSR count). The van der Waals surface area contributed by atoms with Gasteiger partial charge in [0.1, 0.15) is 0 Å². The average molecular weight is 275 g/mol. The molecule has 0 bridgehead atoms. The van der Waals surface area contributed by atoms with E-state index in [0.29, 0.717) is 18.5 Å². The summed E-state index contributed by atoms with van der Waals surface area (Å²) >= 11 is 1.72. The Morgan fingerprint density at radius 1 is 1.39 bits per heavy atom. The summed E-state index contributed by atoms with van der Waals surface area (Å²) < 4.78 is 0. The van der Waals surface area contributed by atoms with Crippen LogP contribution in [0.15, 0.2) is 0 Å². The predicted molar refractivity (Wildman–Crippen MR) is 80.9 cm³/mol. The molecule has 2 atom stereocenters. The molecular formula is C13H29N3OS. The van der Waals surface area contributed by atoms with Crippen LogP contribution in [0.4, 0.5) is 0 Å². The van der Waals surface area contributed by atoms with E-state index < -0.39 is 0 Å². The normalized spacial score (nSPS) is 14.9. The second kappa shape index (κ2) is 9.64. The van der Waals surface area contributed by atoms with Crippen molar-refractivity contribution in [1.29, 1.82) is 0 Å². The number of rotatable bonds is 9. The first-order valence-corrected chi connectivity index (χ1v) is 7.96. The zero-order valence-corrected chi connectivity index (χ0v) is 13.2. The number of amides is 1. The molecule has 18 heavy (non-hydrogen) atoms. The highest BCUT2D eigenvalue weighted by Gasteiger charge is 2.17. The number of hydrogen-bond acceptors (Lipinski definition) is 4. The van der Waals surface area contributed by atoms with Gasteiger partial charge in [-0.1, -0.05) is 13.8 Å². The minimum absolute atomic E-state index is 0.0281. The lowest BCUT2D eigenvalue weighted by Gasteiger charge is -2.26. The van der Waals surface area contributed by atoms with Crippen LogP contribution in [0.2, 0.25) is 0 Å². The molecule has 0 aliphatic heterocycles. The third-order valence-corrected chi connectivity index (χ3v) is 3.60. The Labute approximate surface area is 116 Å². The van der Waals surface area contributed by atoms with Crippen molar-refractivity contribution in [3.05, 3.63) is 0 Å². The largest absolute Gasteiger partial charge is 0.353 e. The third-order valence-electron chi connectivity index (χ3n) is 2.96. The fourth-order valence-corrected chi connectivity index (χ4v) is 2.24. The number of nitrogens with zero attached hydrogens (tertiary/aromatic N) is 1. The van der Waals surface area contributed by atoms with E-state index in [-0.39, 0.29) is 11.9 Å².